The minimum atomic E-state index is -0.933. The van der Waals surface area contributed by atoms with Crippen LogP contribution in [0.25, 0.3) is 0 Å². The highest BCUT2D eigenvalue weighted by Gasteiger charge is 2.37. The topological polar surface area (TPSA) is 66.4 Å². The minimum absolute atomic E-state index is 0.0429. The Balaban J connectivity index is 2.68. The molecule has 0 aromatic rings. The second-order valence-electron chi connectivity index (χ2n) is 5.80. The van der Waals surface area contributed by atoms with Crippen LogP contribution >= 0.6 is 0 Å². The zero-order valence-corrected chi connectivity index (χ0v) is 11.7. The molecule has 0 bridgehead atoms. The lowest BCUT2D eigenvalue weighted by Gasteiger charge is -2.34. The first-order valence-corrected chi connectivity index (χ1v) is 6.94. The summed E-state index contributed by atoms with van der Waals surface area (Å²) in [6.45, 7) is 5.76. The maximum atomic E-state index is 12.3. The summed E-state index contributed by atoms with van der Waals surface area (Å²) in [7, 11) is 0. The maximum absolute atomic E-state index is 12.3. The molecule has 2 unspecified atom stereocenters. The number of rotatable bonds is 5. The lowest BCUT2D eigenvalue weighted by molar-refractivity contribution is -0.145. The van der Waals surface area contributed by atoms with Gasteiger partial charge in [0.2, 0.25) is 5.91 Å². The largest absolute Gasteiger partial charge is 0.480 e. The van der Waals surface area contributed by atoms with Gasteiger partial charge in [0, 0.05) is 5.41 Å². The van der Waals surface area contributed by atoms with E-state index in [1.165, 1.54) is 6.42 Å². The smallest absolute Gasteiger partial charge is 0.326 e. The molecule has 0 spiro atoms. The normalized spacial score (nSPS) is 21.9. The molecular formula is C14H25NO3. The molecule has 18 heavy (non-hydrogen) atoms. The van der Waals surface area contributed by atoms with Gasteiger partial charge in [0.05, 0.1) is 0 Å². The lowest BCUT2D eigenvalue weighted by atomic mass is 9.75. The van der Waals surface area contributed by atoms with Crippen molar-refractivity contribution in [3.63, 3.8) is 0 Å². The van der Waals surface area contributed by atoms with Gasteiger partial charge in [-0.05, 0) is 18.8 Å². The van der Waals surface area contributed by atoms with E-state index in [-0.39, 0.29) is 17.2 Å². The zero-order chi connectivity index (χ0) is 13.8. The van der Waals surface area contributed by atoms with E-state index in [9.17, 15) is 14.7 Å². The molecule has 1 fully saturated rings. The van der Waals surface area contributed by atoms with Gasteiger partial charge in [-0.15, -0.1) is 0 Å². The number of carboxylic acids is 1. The van der Waals surface area contributed by atoms with Crippen molar-refractivity contribution in [1.29, 1.82) is 0 Å². The summed E-state index contributed by atoms with van der Waals surface area (Å²) in [6.07, 6.45) is 5.78. The molecule has 1 saturated carbocycles. The Labute approximate surface area is 109 Å². The van der Waals surface area contributed by atoms with Crippen LogP contribution in [0.4, 0.5) is 0 Å². The molecular weight excluding hydrogens is 230 g/mol. The van der Waals surface area contributed by atoms with Crippen LogP contribution in [-0.2, 0) is 9.59 Å². The van der Waals surface area contributed by atoms with Crippen LogP contribution in [0.1, 0.15) is 59.3 Å². The molecule has 104 valence electrons. The monoisotopic (exact) mass is 255 g/mol. The molecule has 4 heteroatoms. The SMILES string of the molecule is CCC(C)C(NC(=O)C1(C)CCCCC1)C(=O)O. The van der Waals surface area contributed by atoms with Crippen molar-refractivity contribution in [2.45, 2.75) is 65.3 Å². The van der Waals surface area contributed by atoms with Gasteiger partial charge in [0.25, 0.3) is 0 Å². The summed E-state index contributed by atoms with van der Waals surface area (Å²) in [5, 5.41) is 11.9. The van der Waals surface area contributed by atoms with Crippen LogP contribution in [-0.4, -0.2) is 23.0 Å². The number of amides is 1. The number of carbonyl (C=O) groups is 2. The summed E-state index contributed by atoms with van der Waals surface area (Å²) < 4.78 is 0. The van der Waals surface area contributed by atoms with Crippen LogP contribution in [0.2, 0.25) is 0 Å². The molecule has 2 atom stereocenters. The Morgan fingerprint density at radius 3 is 2.28 bits per heavy atom. The molecule has 1 rings (SSSR count). The summed E-state index contributed by atoms with van der Waals surface area (Å²) >= 11 is 0. The Hall–Kier alpha value is -1.06. The van der Waals surface area contributed by atoms with E-state index in [4.69, 9.17) is 0 Å². The van der Waals surface area contributed by atoms with Crippen LogP contribution in [0, 0.1) is 11.3 Å². The highest BCUT2D eigenvalue weighted by molar-refractivity contribution is 5.87. The highest BCUT2D eigenvalue weighted by Crippen LogP contribution is 2.36. The van der Waals surface area contributed by atoms with Gasteiger partial charge in [-0.1, -0.05) is 46.5 Å². The Morgan fingerprint density at radius 1 is 1.28 bits per heavy atom. The average molecular weight is 255 g/mol. The third-order valence-electron chi connectivity index (χ3n) is 4.27. The molecule has 4 nitrogen and oxygen atoms in total. The van der Waals surface area contributed by atoms with Crippen LogP contribution in [0.3, 0.4) is 0 Å². The molecule has 2 N–H and O–H groups in total. The number of hydrogen-bond acceptors (Lipinski definition) is 2. The fourth-order valence-corrected chi connectivity index (χ4v) is 2.56. The van der Waals surface area contributed by atoms with E-state index < -0.39 is 12.0 Å². The molecule has 1 amide bonds. The second kappa shape index (κ2) is 6.21. The Bertz CT molecular complexity index is 308. The van der Waals surface area contributed by atoms with Crippen molar-refractivity contribution in [3.05, 3.63) is 0 Å². The van der Waals surface area contributed by atoms with E-state index in [2.05, 4.69) is 5.32 Å². The van der Waals surface area contributed by atoms with Crippen LogP contribution < -0.4 is 5.32 Å². The number of nitrogens with one attached hydrogen (secondary N) is 1. The van der Waals surface area contributed by atoms with E-state index in [1.807, 2.05) is 20.8 Å². The molecule has 0 heterocycles. The summed E-state index contributed by atoms with van der Waals surface area (Å²) in [5.74, 6) is -1.06. The van der Waals surface area contributed by atoms with Crippen LogP contribution in [0.5, 0.6) is 0 Å². The molecule has 0 aromatic heterocycles. The van der Waals surface area contributed by atoms with E-state index >= 15 is 0 Å². The van der Waals surface area contributed by atoms with Gasteiger partial charge in [-0.2, -0.15) is 0 Å². The molecule has 1 aliphatic rings. The van der Waals surface area contributed by atoms with Gasteiger partial charge in [0.15, 0.2) is 0 Å². The summed E-state index contributed by atoms with van der Waals surface area (Å²) in [6, 6.07) is -0.763. The highest BCUT2D eigenvalue weighted by atomic mass is 16.4. The van der Waals surface area contributed by atoms with E-state index in [0.29, 0.717) is 0 Å². The summed E-state index contributed by atoms with van der Waals surface area (Å²) in [5.41, 5.74) is -0.376. The van der Waals surface area contributed by atoms with Crippen molar-refractivity contribution in [1.82, 2.24) is 5.32 Å². The lowest BCUT2D eigenvalue weighted by Crippen LogP contribution is -2.50. The zero-order valence-electron chi connectivity index (χ0n) is 11.7. The average Bonchev–Trinajstić information content (AvgIpc) is 2.35. The maximum Gasteiger partial charge on any atom is 0.326 e. The fourth-order valence-electron chi connectivity index (χ4n) is 2.56. The van der Waals surface area contributed by atoms with Crippen molar-refractivity contribution in [2.75, 3.05) is 0 Å². The van der Waals surface area contributed by atoms with Gasteiger partial charge < -0.3 is 10.4 Å². The predicted octanol–water partition coefficient (Wildman–Crippen LogP) is 2.57. The number of carboxylic acid groups (broad SMARTS) is 1. The predicted molar refractivity (Wildman–Crippen MR) is 70.2 cm³/mol. The summed E-state index contributed by atoms with van der Waals surface area (Å²) in [4.78, 5) is 23.5. The molecule has 1 aliphatic carbocycles. The second-order valence-corrected chi connectivity index (χ2v) is 5.80. The first kappa shape index (κ1) is 15.0. The van der Waals surface area contributed by atoms with Crippen molar-refractivity contribution >= 4 is 11.9 Å². The molecule has 0 aromatic carbocycles. The van der Waals surface area contributed by atoms with Crippen molar-refractivity contribution in [2.24, 2.45) is 11.3 Å². The van der Waals surface area contributed by atoms with E-state index in [0.717, 1.165) is 32.1 Å². The molecule has 0 radical (unpaired) electrons. The standard InChI is InChI=1S/C14H25NO3/c1-4-10(2)11(12(16)17)15-13(18)14(3)8-6-5-7-9-14/h10-11H,4-9H2,1-3H3,(H,15,18)(H,16,17). The molecule has 0 aliphatic heterocycles. The Kier molecular flexibility index (Phi) is 5.17. The van der Waals surface area contributed by atoms with Gasteiger partial charge in [-0.25, -0.2) is 4.79 Å². The Morgan fingerprint density at radius 2 is 1.83 bits per heavy atom. The number of aliphatic carboxylic acids is 1. The third kappa shape index (κ3) is 3.47. The van der Waals surface area contributed by atoms with Gasteiger partial charge in [0.1, 0.15) is 6.04 Å². The fraction of sp³-hybridized carbons (Fsp3) is 0.857. The van der Waals surface area contributed by atoms with E-state index in [1.54, 1.807) is 0 Å². The van der Waals surface area contributed by atoms with Crippen LogP contribution in [0.15, 0.2) is 0 Å². The molecule has 0 saturated heterocycles. The quantitative estimate of drug-likeness (QED) is 0.793. The number of carbonyl (C=O) groups excluding carboxylic acids is 1. The first-order chi connectivity index (χ1) is 8.40. The van der Waals surface area contributed by atoms with Gasteiger partial charge in [-0.3, -0.25) is 4.79 Å². The van der Waals surface area contributed by atoms with Crippen molar-refractivity contribution in [3.8, 4) is 0 Å². The number of hydrogen-bond donors (Lipinski definition) is 2. The van der Waals surface area contributed by atoms with Gasteiger partial charge >= 0.3 is 5.97 Å². The minimum Gasteiger partial charge on any atom is -0.480 e. The first-order valence-electron chi connectivity index (χ1n) is 6.94. The third-order valence-corrected chi connectivity index (χ3v) is 4.27. The van der Waals surface area contributed by atoms with Crippen molar-refractivity contribution < 1.29 is 14.7 Å².